The van der Waals surface area contributed by atoms with Gasteiger partial charge in [-0.05, 0) is 43.4 Å². The highest BCUT2D eigenvalue weighted by Gasteiger charge is 2.66. The molecule has 1 aliphatic carbocycles. The van der Waals surface area contributed by atoms with E-state index in [0.717, 1.165) is 12.8 Å². The number of aromatic hydroxyl groups is 1. The smallest absolute Gasteiger partial charge is 0.233 e. The Kier molecular flexibility index (Phi) is 5.38. The second-order valence-electron chi connectivity index (χ2n) is 8.59. The Labute approximate surface area is 175 Å². The van der Waals surface area contributed by atoms with Crippen molar-refractivity contribution in [3.8, 4) is 5.75 Å². The van der Waals surface area contributed by atoms with Crippen LogP contribution in [0.4, 0.5) is 0 Å². The van der Waals surface area contributed by atoms with E-state index in [2.05, 4.69) is 0 Å². The minimum Gasteiger partial charge on any atom is -0.508 e. The molecule has 29 heavy (non-hydrogen) atoms. The SMILES string of the molecule is CCC[C@H]1C[C@@H]2C(=O)N(CCC)C(=O)[C@@H]2[C@@H]2C[C@@H](c3ccc(O)cc3Cl)O[C@]12O. The van der Waals surface area contributed by atoms with Gasteiger partial charge in [-0.1, -0.05) is 37.9 Å². The second-order valence-corrected chi connectivity index (χ2v) is 9.00. The summed E-state index contributed by atoms with van der Waals surface area (Å²) in [6.45, 7) is 4.40. The third-order valence-electron chi connectivity index (χ3n) is 6.87. The summed E-state index contributed by atoms with van der Waals surface area (Å²) in [5.41, 5.74) is 0.682. The number of fused-ring (bicyclic) bond motifs is 3. The van der Waals surface area contributed by atoms with Crippen LogP contribution in [-0.4, -0.2) is 39.3 Å². The van der Waals surface area contributed by atoms with E-state index >= 15 is 0 Å². The summed E-state index contributed by atoms with van der Waals surface area (Å²) in [7, 11) is 0. The van der Waals surface area contributed by atoms with E-state index in [9.17, 15) is 19.8 Å². The lowest BCUT2D eigenvalue weighted by Crippen LogP contribution is -2.53. The summed E-state index contributed by atoms with van der Waals surface area (Å²) in [6, 6.07) is 4.68. The number of hydrogen-bond donors (Lipinski definition) is 2. The summed E-state index contributed by atoms with van der Waals surface area (Å²) in [4.78, 5) is 27.5. The number of aliphatic hydroxyl groups is 1. The number of likely N-dealkylation sites (tertiary alicyclic amines) is 1. The van der Waals surface area contributed by atoms with Crippen LogP contribution in [0.2, 0.25) is 5.02 Å². The zero-order chi connectivity index (χ0) is 20.9. The van der Waals surface area contributed by atoms with Gasteiger partial charge in [0.15, 0.2) is 5.79 Å². The van der Waals surface area contributed by atoms with Crippen LogP contribution >= 0.6 is 11.6 Å². The Bertz CT molecular complexity index is 829. The minimum absolute atomic E-state index is 0.0589. The van der Waals surface area contributed by atoms with E-state index < -0.39 is 23.7 Å². The number of hydrogen-bond acceptors (Lipinski definition) is 5. The van der Waals surface area contributed by atoms with Gasteiger partial charge in [-0.2, -0.15) is 0 Å². The molecule has 0 aromatic heterocycles. The molecule has 158 valence electrons. The van der Waals surface area contributed by atoms with Gasteiger partial charge in [-0.15, -0.1) is 0 Å². The molecule has 4 rings (SSSR count). The number of carbonyl (C=O) groups excluding carboxylic acids is 2. The summed E-state index contributed by atoms with van der Waals surface area (Å²) in [5.74, 6) is -3.27. The molecule has 7 heteroatoms. The average Bonchev–Trinajstić information content (AvgIpc) is 3.13. The molecule has 2 heterocycles. The lowest BCUT2D eigenvalue weighted by molar-refractivity contribution is -0.270. The van der Waals surface area contributed by atoms with E-state index in [1.165, 1.54) is 17.0 Å². The van der Waals surface area contributed by atoms with E-state index in [4.69, 9.17) is 16.3 Å². The van der Waals surface area contributed by atoms with Crippen molar-refractivity contribution in [3.63, 3.8) is 0 Å². The maximum Gasteiger partial charge on any atom is 0.233 e. The maximum atomic E-state index is 13.1. The third kappa shape index (κ3) is 3.16. The van der Waals surface area contributed by atoms with Crippen LogP contribution in [0.5, 0.6) is 5.75 Å². The molecular formula is C22H28ClNO5. The summed E-state index contributed by atoms with van der Waals surface area (Å²) in [6.07, 6.45) is 2.69. The van der Waals surface area contributed by atoms with Crippen LogP contribution in [0.25, 0.3) is 0 Å². The van der Waals surface area contributed by atoms with Crippen molar-refractivity contribution in [2.24, 2.45) is 23.7 Å². The molecule has 1 aromatic rings. The van der Waals surface area contributed by atoms with Gasteiger partial charge in [-0.25, -0.2) is 0 Å². The number of benzene rings is 1. The number of phenols is 1. The molecule has 2 aliphatic heterocycles. The number of amides is 2. The van der Waals surface area contributed by atoms with Gasteiger partial charge >= 0.3 is 0 Å². The van der Waals surface area contributed by atoms with Crippen LogP contribution < -0.4 is 0 Å². The Morgan fingerprint density at radius 2 is 1.97 bits per heavy atom. The fourth-order valence-electron chi connectivity index (χ4n) is 5.64. The predicted molar refractivity (Wildman–Crippen MR) is 107 cm³/mol. The second kappa shape index (κ2) is 7.56. The Morgan fingerprint density at radius 1 is 1.21 bits per heavy atom. The van der Waals surface area contributed by atoms with Crippen LogP contribution in [0.3, 0.4) is 0 Å². The zero-order valence-electron chi connectivity index (χ0n) is 16.8. The highest BCUT2D eigenvalue weighted by molar-refractivity contribution is 6.31. The first-order valence-corrected chi connectivity index (χ1v) is 10.9. The lowest BCUT2D eigenvalue weighted by atomic mass is 9.63. The Hall–Kier alpha value is -1.63. The molecule has 3 aliphatic rings. The van der Waals surface area contributed by atoms with Crippen molar-refractivity contribution in [2.45, 2.75) is 57.8 Å². The van der Waals surface area contributed by atoms with Crippen LogP contribution in [0.1, 0.15) is 57.6 Å². The molecule has 3 fully saturated rings. The van der Waals surface area contributed by atoms with Crippen molar-refractivity contribution in [1.82, 2.24) is 4.90 Å². The number of rotatable bonds is 5. The molecule has 0 bridgehead atoms. The van der Waals surface area contributed by atoms with Gasteiger partial charge in [0.1, 0.15) is 5.75 Å². The minimum atomic E-state index is -1.46. The molecule has 6 nitrogen and oxygen atoms in total. The first kappa shape index (κ1) is 20.6. The summed E-state index contributed by atoms with van der Waals surface area (Å²) in [5, 5.41) is 21.7. The first-order chi connectivity index (χ1) is 13.8. The fourth-order valence-corrected chi connectivity index (χ4v) is 5.94. The van der Waals surface area contributed by atoms with Gasteiger partial charge in [0.05, 0.1) is 23.0 Å². The van der Waals surface area contributed by atoms with Gasteiger partial charge in [-0.3, -0.25) is 14.5 Å². The summed E-state index contributed by atoms with van der Waals surface area (Å²) >= 11 is 6.33. The molecule has 0 unspecified atom stereocenters. The van der Waals surface area contributed by atoms with Crippen molar-refractivity contribution in [1.29, 1.82) is 0 Å². The van der Waals surface area contributed by atoms with Crippen molar-refractivity contribution in [3.05, 3.63) is 28.8 Å². The van der Waals surface area contributed by atoms with Gasteiger partial charge in [0.2, 0.25) is 11.8 Å². The zero-order valence-corrected chi connectivity index (χ0v) is 17.6. The van der Waals surface area contributed by atoms with Crippen molar-refractivity contribution < 1.29 is 24.5 Å². The standard InChI is InChI=1S/C22H28ClNO5/c1-3-5-12-9-15-19(21(27)24(8-4-2)20(15)26)16-11-18(29-22(12,16)28)14-7-6-13(25)10-17(14)23/h6-7,10,12,15-16,18-19,25,28H,3-5,8-9,11H2,1-2H3/t12-,15-,16-,18-,19-,22+/m0/s1. The number of imide groups is 1. The monoisotopic (exact) mass is 421 g/mol. The molecule has 6 atom stereocenters. The highest BCUT2D eigenvalue weighted by Crippen LogP contribution is 2.59. The Balaban J connectivity index is 1.71. The van der Waals surface area contributed by atoms with Crippen LogP contribution in [-0.2, 0) is 14.3 Å². The van der Waals surface area contributed by atoms with Gasteiger partial charge in [0.25, 0.3) is 0 Å². The topological polar surface area (TPSA) is 87.1 Å². The normalized spacial score (nSPS) is 36.4. The molecule has 2 N–H and O–H groups in total. The first-order valence-electron chi connectivity index (χ1n) is 10.6. The maximum absolute atomic E-state index is 13.1. The molecule has 2 saturated heterocycles. The van der Waals surface area contributed by atoms with E-state index in [1.54, 1.807) is 6.07 Å². The average molecular weight is 422 g/mol. The molecule has 1 saturated carbocycles. The quantitative estimate of drug-likeness (QED) is 0.708. The van der Waals surface area contributed by atoms with Gasteiger partial charge < -0.3 is 14.9 Å². The fraction of sp³-hybridized carbons (Fsp3) is 0.636. The molecular weight excluding hydrogens is 394 g/mol. The van der Waals surface area contributed by atoms with Crippen LogP contribution in [0.15, 0.2) is 18.2 Å². The largest absolute Gasteiger partial charge is 0.508 e. The van der Waals surface area contributed by atoms with Crippen molar-refractivity contribution in [2.75, 3.05) is 6.54 Å². The molecule has 2 amide bonds. The molecule has 0 radical (unpaired) electrons. The number of ether oxygens (including phenoxy) is 1. The number of phenolic OH excluding ortho intramolecular Hbond substituents is 1. The molecule has 1 aromatic carbocycles. The van der Waals surface area contributed by atoms with Crippen molar-refractivity contribution >= 4 is 23.4 Å². The third-order valence-corrected chi connectivity index (χ3v) is 7.20. The summed E-state index contributed by atoms with van der Waals surface area (Å²) < 4.78 is 6.22. The van der Waals surface area contributed by atoms with E-state index in [1.807, 2.05) is 13.8 Å². The molecule has 0 spiro atoms. The highest BCUT2D eigenvalue weighted by atomic mass is 35.5. The number of halogens is 1. The van der Waals surface area contributed by atoms with Crippen LogP contribution in [0, 0.1) is 23.7 Å². The van der Waals surface area contributed by atoms with E-state index in [0.29, 0.717) is 36.4 Å². The van der Waals surface area contributed by atoms with Gasteiger partial charge in [0, 0.05) is 18.4 Å². The Morgan fingerprint density at radius 3 is 2.62 bits per heavy atom. The predicted octanol–water partition coefficient (Wildman–Crippen LogP) is 3.64. The lowest BCUT2D eigenvalue weighted by Gasteiger charge is -2.44. The number of nitrogens with zero attached hydrogens (tertiary/aromatic N) is 1. The van der Waals surface area contributed by atoms with E-state index in [-0.39, 0.29) is 29.4 Å². The number of carbonyl (C=O) groups is 2.